The van der Waals surface area contributed by atoms with Gasteiger partial charge in [-0.1, -0.05) is 146 Å². The van der Waals surface area contributed by atoms with Crippen molar-refractivity contribution in [3.05, 3.63) is 123 Å². The van der Waals surface area contributed by atoms with Gasteiger partial charge in [-0.15, -0.1) is 16.7 Å². The van der Waals surface area contributed by atoms with E-state index in [1.165, 1.54) is 66.8 Å². The van der Waals surface area contributed by atoms with E-state index in [0.29, 0.717) is 0 Å². The van der Waals surface area contributed by atoms with Crippen molar-refractivity contribution in [2.24, 2.45) is 0 Å². The minimum Gasteiger partial charge on any atom is -1.00 e. The summed E-state index contributed by atoms with van der Waals surface area (Å²) in [6, 6.07) is 31.5. The number of rotatable bonds is 4. The van der Waals surface area contributed by atoms with E-state index in [4.69, 9.17) is 0 Å². The van der Waals surface area contributed by atoms with Gasteiger partial charge in [-0.25, -0.2) is 0 Å². The number of fused-ring (bicyclic) bond motifs is 4. The van der Waals surface area contributed by atoms with Crippen molar-refractivity contribution in [2.45, 2.75) is 97.6 Å². The normalized spacial score (nSPS) is 14.3. The fourth-order valence-corrected chi connectivity index (χ4v) is 6.53. The van der Waals surface area contributed by atoms with Crippen LogP contribution in [0.5, 0.6) is 0 Å². The third-order valence-corrected chi connectivity index (χ3v) is 8.71. The van der Waals surface area contributed by atoms with E-state index in [-0.39, 0.29) is 67.8 Å². The monoisotopic (exact) mass is 728 g/mol. The molecule has 0 N–H and O–H groups in total. The fourth-order valence-electron chi connectivity index (χ4n) is 6.53. The van der Waals surface area contributed by atoms with Gasteiger partial charge >= 0.3 is 26.2 Å². The summed E-state index contributed by atoms with van der Waals surface area (Å²) in [7, 11) is 0.750. The van der Waals surface area contributed by atoms with Crippen LogP contribution < -0.4 is 24.8 Å². The first kappa shape index (κ1) is 39.5. The van der Waals surface area contributed by atoms with Crippen molar-refractivity contribution in [3.63, 3.8) is 0 Å². The minimum absolute atomic E-state index is 0. The van der Waals surface area contributed by atoms with Crippen LogP contribution in [-0.4, -0.2) is 9.52 Å². The topological polar surface area (TPSA) is 0 Å². The molecule has 0 bridgehead atoms. The average Bonchev–Trinajstić information content (AvgIpc) is 3.50. The molecule has 2 radical (unpaired) electrons. The number of allylic oxidation sites excluding steroid dienone is 1. The maximum atomic E-state index is 4.05. The zero-order valence-electron chi connectivity index (χ0n) is 28.5. The molecule has 4 heteroatoms. The Bertz CT molecular complexity index is 1620. The Hall–Kier alpha value is -1.70. The number of benzene rings is 4. The van der Waals surface area contributed by atoms with Gasteiger partial charge < -0.3 is 24.8 Å². The van der Waals surface area contributed by atoms with Crippen molar-refractivity contribution in [1.82, 2.24) is 0 Å². The molecule has 0 aromatic heterocycles. The average molecular weight is 731 g/mol. The maximum Gasteiger partial charge on any atom is 3.00 e. The summed E-state index contributed by atoms with van der Waals surface area (Å²) in [5.41, 5.74) is 17.1. The quantitative estimate of drug-likeness (QED) is 0.177. The summed E-state index contributed by atoms with van der Waals surface area (Å²) >= 11 is 0. The first-order valence-corrected chi connectivity index (χ1v) is 18.1. The van der Waals surface area contributed by atoms with Crippen LogP contribution in [0.2, 0.25) is 13.1 Å². The predicted octanol–water partition coefficient (Wildman–Crippen LogP) is 5.17. The van der Waals surface area contributed by atoms with Gasteiger partial charge in [0.1, 0.15) is 0 Å². The zero-order chi connectivity index (χ0) is 30.2. The first-order valence-electron chi connectivity index (χ1n) is 15.8. The Balaban J connectivity index is 0.00000113. The Morgan fingerprint density at radius 2 is 1.44 bits per heavy atom. The van der Waals surface area contributed by atoms with Gasteiger partial charge in [0.25, 0.3) is 0 Å². The second-order valence-corrected chi connectivity index (χ2v) is 15.3. The van der Waals surface area contributed by atoms with Gasteiger partial charge in [0, 0.05) is 15.4 Å². The molecule has 0 aliphatic heterocycles. The molecule has 0 nitrogen and oxygen atoms in total. The van der Waals surface area contributed by atoms with Crippen LogP contribution in [0, 0.1) is 6.07 Å². The molecule has 4 aromatic rings. The summed E-state index contributed by atoms with van der Waals surface area (Å²) in [6.45, 7) is 20.7. The van der Waals surface area contributed by atoms with Crippen molar-refractivity contribution >= 4 is 15.6 Å². The van der Waals surface area contributed by atoms with Gasteiger partial charge in [0.05, 0.1) is 0 Å². The zero-order valence-corrected chi connectivity index (χ0v) is 33.7. The summed E-state index contributed by atoms with van der Waals surface area (Å²) in [5.74, 6) is 0.260. The van der Waals surface area contributed by atoms with Crippen molar-refractivity contribution in [1.29, 1.82) is 0 Å². The van der Waals surface area contributed by atoms with Gasteiger partial charge in [-0.05, 0) is 62.6 Å². The van der Waals surface area contributed by atoms with Crippen LogP contribution in [-0.2, 0) is 43.5 Å². The van der Waals surface area contributed by atoms with Crippen LogP contribution in [0.4, 0.5) is 0 Å². The Morgan fingerprint density at radius 1 is 0.778 bits per heavy atom. The second kappa shape index (κ2) is 15.9. The van der Waals surface area contributed by atoms with E-state index < -0.39 is 0 Å². The van der Waals surface area contributed by atoms with E-state index in [9.17, 15) is 0 Å². The third kappa shape index (κ3) is 8.06. The molecular weight excluding hydrogens is 683 g/mol. The van der Waals surface area contributed by atoms with E-state index in [0.717, 1.165) is 28.8 Å². The molecule has 45 heavy (non-hydrogen) atoms. The standard InChI is InChI=1S/C39H41.C2H7Si.2ClH.Zr/c1-8-13-27-21-33-30(25-14-10-9-11-15-25)16-12-17-31(33)37(27)36-24-29(39(5,6)7)23-35-32-22-28(38(2,3)4)19-18-26(32)20-34(35)36;1-3-2;;;/h9-12,14-19,21-23,37H,8,13,20H2,1-7H3;3H,1-2H3;2*1H;/q-1;;;;+3/p-2. The molecular formula is C41H48Cl2SiZr. The Morgan fingerprint density at radius 3 is 2.04 bits per heavy atom. The van der Waals surface area contributed by atoms with Gasteiger partial charge in [-0.2, -0.15) is 17.7 Å². The Labute approximate surface area is 307 Å². The van der Waals surface area contributed by atoms with E-state index in [1.807, 2.05) is 0 Å². The first-order chi connectivity index (χ1) is 20.0. The van der Waals surface area contributed by atoms with Crippen LogP contribution in [0.1, 0.15) is 106 Å². The van der Waals surface area contributed by atoms with Crippen molar-refractivity contribution in [3.8, 4) is 22.3 Å². The molecule has 1 unspecified atom stereocenters. The van der Waals surface area contributed by atoms with E-state index in [1.54, 1.807) is 0 Å². The van der Waals surface area contributed by atoms with Gasteiger partial charge in [0.15, 0.2) is 0 Å². The van der Waals surface area contributed by atoms with E-state index in [2.05, 4.69) is 146 Å². The molecule has 0 saturated heterocycles. The van der Waals surface area contributed by atoms with Crippen molar-refractivity contribution < 1.29 is 51.0 Å². The number of hydrogen-bond donors (Lipinski definition) is 0. The van der Waals surface area contributed by atoms with Crippen molar-refractivity contribution in [2.75, 3.05) is 0 Å². The minimum atomic E-state index is 0. The maximum absolute atomic E-state index is 4.05. The molecule has 0 spiro atoms. The smallest absolute Gasteiger partial charge is 1.00 e. The molecule has 2 aliphatic rings. The van der Waals surface area contributed by atoms with Crippen LogP contribution in [0.25, 0.3) is 28.3 Å². The molecule has 4 aromatic carbocycles. The molecule has 0 amide bonds. The van der Waals surface area contributed by atoms with Gasteiger partial charge in [0.2, 0.25) is 0 Å². The van der Waals surface area contributed by atoms with Gasteiger partial charge in [-0.3, -0.25) is 0 Å². The summed E-state index contributed by atoms with van der Waals surface area (Å²) in [5, 5.41) is 0. The number of hydrogen-bond acceptors (Lipinski definition) is 0. The predicted molar refractivity (Wildman–Crippen MR) is 186 cm³/mol. The molecule has 234 valence electrons. The largest absolute Gasteiger partial charge is 3.00 e. The second-order valence-electron chi connectivity index (χ2n) is 14.2. The third-order valence-electron chi connectivity index (χ3n) is 8.71. The Kier molecular flexibility index (Phi) is 14.0. The van der Waals surface area contributed by atoms with Crippen LogP contribution >= 0.6 is 0 Å². The summed E-state index contributed by atoms with van der Waals surface area (Å²) in [6.07, 6.45) is 5.76. The summed E-state index contributed by atoms with van der Waals surface area (Å²) < 4.78 is 0. The molecule has 1 atom stereocenters. The summed E-state index contributed by atoms with van der Waals surface area (Å²) in [4.78, 5) is 0. The molecule has 0 fully saturated rings. The molecule has 0 heterocycles. The van der Waals surface area contributed by atoms with Crippen LogP contribution in [0.15, 0.2) is 78.4 Å². The molecule has 6 rings (SSSR count). The van der Waals surface area contributed by atoms with Crippen LogP contribution in [0.3, 0.4) is 0 Å². The molecule has 0 saturated carbocycles. The molecule has 2 aliphatic carbocycles. The fraction of sp³-hybridized carbons (Fsp3) is 0.366. The SMILES string of the molecule is CCCC1=Cc2c(-c3ccccc3)cccc2C1c1[c-]c(C(C)(C)C)cc2c1Cc1ccc(C(C)(C)C)cc1-2.C[SiH]C.[Cl-].[Cl-].[Zr+3]. The number of halogens is 2. The van der Waals surface area contributed by atoms with E-state index >= 15 is 0 Å².